The van der Waals surface area contributed by atoms with Crippen LogP contribution in [0.25, 0.3) is 10.9 Å². The summed E-state index contributed by atoms with van der Waals surface area (Å²) in [5.74, 6) is 0.700. The highest BCUT2D eigenvalue weighted by molar-refractivity contribution is 9.10. The zero-order chi connectivity index (χ0) is 26.5. The number of amides is 1. The van der Waals surface area contributed by atoms with Crippen molar-refractivity contribution in [3.8, 4) is 11.5 Å². The summed E-state index contributed by atoms with van der Waals surface area (Å²) in [5.41, 5.74) is 2.52. The number of carbonyl (C=O) groups excluding carboxylic acids is 1. The van der Waals surface area contributed by atoms with E-state index in [2.05, 4.69) is 31.3 Å². The fraction of sp³-hybridized carbons (Fsp3) is 0.185. The van der Waals surface area contributed by atoms with Crippen molar-refractivity contribution in [1.29, 1.82) is 0 Å². The van der Waals surface area contributed by atoms with Crippen LogP contribution in [0.3, 0.4) is 0 Å². The number of carbonyl (C=O) groups is 1. The maximum Gasteiger partial charge on any atom is 0.282 e. The van der Waals surface area contributed by atoms with Gasteiger partial charge in [0.05, 0.1) is 28.7 Å². The average Bonchev–Trinajstić information content (AvgIpc) is 2.85. The van der Waals surface area contributed by atoms with Crippen LogP contribution in [0.1, 0.15) is 23.9 Å². The molecule has 0 atom stereocenters. The number of anilines is 1. The normalized spacial score (nSPS) is 11.2. The fourth-order valence-electron chi connectivity index (χ4n) is 3.62. The zero-order valence-corrected chi connectivity index (χ0v) is 22.8. The summed E-state index contributed by atoms with van der Waals surface area (Å²) in [7, 11) is 0. The summed E-state index contributed by atoms with van der Waals surface area (Å²) in [6.45, 7) is 5.53. The van der Waals surface area contributed by atoms with Crippen LogP contribution in [0.15, 0.2) is 69.0 Å². The number of nitrogens with zero attached hydrogens (tertiary/aromatic N) is 3. The van der Waals surface area contributed by atoms with Gasteiger partial charge in [0.1, 0.15) is 5.82 Å². The van der Waals surface area contributed by atoms with Gasteiger partial charge in [-0.3, -0.25) is 9.59 Å². The number of hydrogen-bond donors (Lipinski definition) is 1. The number of halogens is 2. The van der Waals surface area contributed by atoms with Gasteiger partial charge in [-0.05, 0) is 68.3 Å². The molecule has 4 rings (SSSR count). The van der Waals surface area contributed by atoms with Crippen molar-refractivity contribution in [3.05, 3.63) is 91.4 Å². The Morgan fingerprint density at radius 3 is 2.70 bits per heavy atom. The number of benzene rings is 3. The van der Waals surface area contributed by atoms with E-state index in [1.807, 2.05) is 44.2 Å². The first-order chi connectivity index (χ1) is 17.8. The van der Waals surface area contributed by atoms with E-state index in [-0.39, 0.29) is 28.8 Å². The second kappa shape index (κ2) is 11.6. The first-order valence-corrected chi connectivity index (χ1v) is 12.6. The van der Waals surface area contributed by atoms with Crippen molar-refractivity contribution in [2.24, 2.45) is 5.10 Å². The lowest BCUT2D eigenvalue weighted by Crippen LogP contribution is -2.21. The van der Waals surface area contributed by atoms with E-state index in [4.69, 9.17) is 21.1 Å². The zero-order valence-electron chi connectivity index (χ0n) is 20.4. The van der Waals surface area contributed by atoms with Crippen LogP contribution in [-0.2, 0) is 4.79 Å². The third kappa shape index (κ3) is 6.18. The fourth-order valence-corrected chi connectivity index (χ4v) is 4.26. The first-order valence-electron chi connectivity index (χ1n) is 11.4. The lowest BCUT2D eigenvalue weighted by molar-refractivity contribution is -0.118. The number of aromatic nitrogens is 2. The van der Waals surface area contributed by atoms with Crippen molar-refractivity contribution >= 4 is 56.2 Å². The molecule has 1 aromatic heterocycles. The number of aryl methyl sites for hydroxylation is 2. The molecule has 1 heterocycles. The first kappa shape index (κ1) is 26.4. The lowest BCUT2D eigenvalue weighted by Gasteiger charge is -2.15. The number of para-hydroxylation sites is 1. The van der Waals surface area contributed by atoms with E-state index in [0.717, 1.165) is 10.0 Å². The highest BCUT2D eigenvalue weighted by Crippen LogP contribution is 2.36. The molecule has 0 aliphatic heterocycles. The number of nitrogens with one attached hydrogen (secondary N) is 1. The lowest BCUT2D eigenvalue weighted by atomic mass is 10.2. The second-order valence-electron chi connectivity index (χ2n) is 8.10. The number of fused-ring (bicyclic) bond motifs is 1. The minimum atomic E-state index is -0.330. The molecule has 10 heteroatoms. The minimum absolute atomic E-state index is 0.237. The molecule has 0 spiro atoms. The smallest absolute Gasteiger partial charge is 0.282 e. The Balaban J connectivity index is 1.57. The summed E-state index contributed by atoms with van der Waals surface area (Å²) in [6, 6.07) is 16.1. The SMILES string of the molecule is CCOc1cc(C=Nn2c(C)nc3ccc(Br)cc3c2=O)cc(Cl)c1OCC(=O)Nc1ccccc1C. The molecule has 0 radical (unpaired) electrons. The predicted octanol–water partition coefficient (Wildman–Crippen LogP) is 5.73. The van der Waals surface area contributed by atoms with Gasteiger partial charge in [0.15, 0.2) is 18.1 Å². The van der Waals surface area contributed by atoms with Crippen LogP contribution in [0, 0.1) is 13.8 Å². The molecule has 0 aliphatic rings. The maximum absolute atomic E-state index is 13.0. The molecule has 0 unspecified atom stereocenters. The van der Waals surface area contributed by atoms with Gasteiger partial charge in [0, 0.05) is 10.2 Å². The van der Waals surface area contributed by atoms with Crippen molar-refractivity contribution in [3.63, 3.8) is 0 Å². The molecule has 0 aliphatic carbocycles. The summed E-state index contributed by atoms with van der Waals surface area (Å²) in [4.78, 5) is 29.9. The number of hydrogen-bond acceptors (Lipinski definition) is 6. The van der Waals surface area contributed by atoms with Crippen LogP contribution in [-0.4, -0.2) is 35.0 Å². The average molecular weight is 584 g/mol. The van der Waals surface area contributed by atoms with Crippen molar-refractivity contribution < 1.29 is 14.3 Å². The quantitative estimate of drug-likeness (QED) is 0.268. The van der Waals surface area contributed by atoms with Gasteiger partial charge in [0.25, 0.3) is 11.5 Å². The van der Waals surface area contributed by atoms with Crippen LogP contribution >= 0.6 is 27.5 Å². The number of rotatable bonds is 8. The monoisotopic (exact) mass is 582 g/mol. The van der Waals surface area contributed by atoms with E-state index < -0.39 is 0 Å². The Bertz CT molecular complexity index is 1570. The van der Waals surface area contributed by atoms with Crippen LogP contribution < -0.4 is 20.3 Å². The maximum atomic E-state index is 13.0. The van der Waals surface area contributed by atoms with Crippen LogP contribution in [0.5, 0.6) is 11.5 Å². The van der Waals surface area contributed by atoms with Gasteiger partial charge in [-0.2, -0.15) is 9.78 Å². The van der Waals surface area contributed by atoms with Crippen LogP contribution in [0.4, 0.5) is 5.69 Å². The molecule has 8 nitrogen and oxygen atoms in total. The molecule has 4 aromatic rings. The third-order valence-electron chi connectivity index (χ3n) is 5.39. The molecule has 37 heavy (non-hydrogen) atoms. The van der Waals surface area contributed by atoms with Crippen LogP contribution in [0.2, 0.25) is 5.02 Å². The number of ether oxygens (including phenoxy) is 2. The summed E-state index contributed by atoms with van der Waals surface area (Å²) in [5, 5.41) is 7.84. The predicted molar refractivity (Wildman–Crippen MR) is 149 cm³/mol. The van der Waals surface area contributed by atoms with Crippen molar-refractivity contribution in [2.75, 3.05) is 18.5 Å². The largest absolute Gasteiger partial charge is 0.490 e. The standard InChI is InChI=1S/C27H24BrClN4O4/c1-4-36-24-12-18(14-30-33-17(3)31-23-10-9-19(28)13-20(23)27(33)35)11-21(29)26(24)37-15-25(34)32-22-8-6-5-7-16(22)2/h5-14H,4,15H2,1-3H3,(H,32,34). The molecule has 1 N–H and O–H groups in total. The Hall–Kier alpha value is -3.69. The van der Waals surface area contributed by atoms with Gasteiger partial charge in [-0.25, -0.2) is 4.98 Å². The Kier molecular flexibility index (Phi) is 8.25. The molecule has 0 saturated heterocycles. The van der Waals surface area contributed by atoms with E-state index in [1.165, 1.54) is 10.9 Å². The van der Waals surface area contributed by atoms with Gasteiger partial charge in [0.2, 0.25) is 0 Å². The molecule has 0 fully saturated rings. The molecule has 3 aromatic carbocycles. The van der Waals surface area contributed by atoms with Gasteiger partial charge in [-0.15, -0.1) is 0 Å². The molecule has 190 valence electrons. The molecule has 0 bridgehead atoms. The van der Waals surface area contributed by atoms with Gasteiger partial charge < -0.3 is 14.8 Å². The van der Waals surface area contributed by atoms with Gasteiger partial charge in [-0.1, -0.05) is 45.7 Å². The Labute approximate surface area is 227 Å². The highest BCUT2D eigenvalue weighted by atomic mass is 79.9. The van der Waals surface area contributed by atoms with Crippen molar-refractivity contribution in [2.45, 2.75) is 20.8 Å². The highest BCUT2D eigenvalue weighted by Gasteiger charge is 2.15. The minimum Gasteiger partial charge on any atom is -0.490 e. The molecule has 1 amide bonds. The third-order valence-corrected chi connectivity index (χ3v) is 6.16. The summed E-state index contributed by atoms with van der Waals surface area (Å²) in [6.07, 6.45) is 1.49. The Morgan fingerprint density at radius 1 is 1.16 bits per heavy atom. The molecule has 0 saturated carbocycles. The summed E-state index contributed by atoms with van der Waals surface area (Å²) >= 11 is 9.88. The second-order valence-corrected chi connectivity index (χ2v) is 9.42. The van der Waals surface area contributed by atoms with Crippen molar-refractivity contribution in [1.82, 2.24) is 9.66 Å². The Morgan fingerprint density at radius 2 is 1.95 bits per heavy atom. The molecular weight excluding hydrogens is 560 g/mol. The van der Waals surface area contributed by atoms with E-state index in [9.17, 15) is 9.59 Å². The van der Waals surface area contributed by atoms with E-state index >= 15 is 0 Å². The van der Waals surface area contributed by atoms with E-state index in [1.54, 1.807) is 31.2 Å². The molecular formula is C27H24BrClN4O4. The van der Waals surface area contributed by atoms with E-state index in [0.29, 0.717) is 40.3 Å². The van der Waals surface area contributed by atoms with Gasteiger partial charge >= 0.3 is 0 Å². The summed E-state index contributed by atoms with van der Waals surface area (Å²) < 4.78 is 13.4. The topological polar surface area (TPSA) is 94.8 Å².